The molecule has 0 heterocycles. The normalized spacial score (nSPS) is 10.6. The molecular formula is C21H23Cl2NO3. The lowest BCUT2D eigenvalue weighted by Gasteiger charge is -2.23. The summed E-state index contributed by atoms with van der Waals surface area (Å²) < 4.78 is 0. The number of carbonyl (C=O) groups is 2. The van der Waals surface area contributed by atoms with E-state index in [0.717, 1.165) is 31.4 Å². The fourth-order valence-electron chi connectivity index (χ4n) is 2.79. The van der Waals surface area contributed by atoms with Crippen molar-refractivity contribution in [1.82, 2.24) is 0 Å². The van der Waals surface area contributed by atoms with Gasteiger partial charge in [0.25, 0.3) is 5.91 Å². The molecule has 1 amide bonds. The lowest BCUT2D eigenvalue weighted by Crippen LogP contribution is -2.31. The number of carboxylic acid groups (broad SMARTS) is 1. The Kier molecular flexibility index (Phi) is 8.62. The number of amides is 1. The maximum atomic E-state index is 13.0. The number of unbranched alkanes of at least 4 members (excludes halogenated alkanes) is 4. The van der Waals surface area contributed by atoms with Crippen LogP contribution in [0, 0.1) is 0 Å². The molecule has 0 radical (unpaired) electrons. The Balaban J connectivity index is 1.98. The van der Waals surface area contributed by atoms with Crippen LogP contribution in [0.25, 0.3) is 0 Å². The second kappa shape index (κ2) is 11.0. The summed E-state index contributed by atoms with van der Waals surface area (Å²) in [7, 11) is 0. The molecule has 144 valence electrons. The number of carboxylic acids is 1. The summed E-state index contributed by atoms with van der Waals surface area (Å²) in [5.74, 6) is -0.836. The summed E-state index contributed by atoms with van der Waals surface area (Å²) in [6.07, 6.45) is 4.54. The summed E-state index contributed by atoms with van der Waals surface area (Å²) in [6.45, 7) is 0.585. The lowest BCUT2D eigenvalue weighted by molar-refractivity contribution is -0.137. The molecule has 0 saturated carbocycles. The monoisotopic (exact) mass is 407 g/mol. The number of hydrogen-bond donors (Lipinski definition) is 1. The van der Waals surface area contributed by atoms with E-state index in [-0.39, 0.29) is 12.3 Å². The molecule has 27 heavy (non-hydrogen) atoms. The quantitative estimate of drug-likeness (QED) is 0.486. The molecule has 2 rings (SSSR count). The van der Waals surface area contributed by atoms with Gasteiger partial charge in [-0.1, -0.05) is 42.5 Å². The van der Waals surface area contributed by atoms with Gasteiger partial charge in [-0.2, -0.15) is 0 Å². The Morgan fingerprint density at radius 1 is 0.778 bits per heavy atom. The minimum Gasteiger partial charge on any atom is -0.481 e. The zero-order valence-corrected chi connectivity index (χ0v) is 16.5. The van der Waals surface area contributed by atoms with Crippen molar-refractivity contribution in [3.63, 3.8) is 0 Å². The smallest absolute Gasteiger partial charge is 0.303 e. The predicted molar refractivity (Wildman–Crippen MR) is 110 cm³/mol. The Labute approximate surface area is 169 Å². The molecule has 0 spiro atoms. The molecule has 4 nitrogen and oxygen atoms in total. The summed E-state index contributed by atoms with van der Waals surface area (Å²) in [6, 6.07) is 14.1. The molecule has 0 aliphatic carbocycles. The van der Waals surface area contributed by atoms with E-state index in [1.165, 1.54) is 0 Å². The maximum absolute atomic E-state index is 13.0. The van der Waals surface area contributed by atoms with Crippen LogP contribution in [0.4, 0.5) is 5.69 Å². The number of halogens is 2. The van der Waals surface area contributed by atoms with Crippen LogP contribution < -0.4 is 4.90 Å². The first-order valence-electron chi connectivity index (χ1n) is 9.02. The van der Waals surface area contributed by atoms with Gasteiger partial charge < -0.3 is 10.0 Å². The van der Waals surface area contributed by atoms with Gasteiger partial charge in [0.15, 0.2) is 0 Å². The Bertz CT molecular complexity index is 745. The molecule has 2 aromatic carbocycles. The van der Waals surface area contributed by atoms with E-state index >= 15 is 0 Å². The van der Waals surface area contributed by atoms with Crippen molar-refractivity contribution in [3.8, 4) is 0 Å². The van der Waals surface area contributed by atoms with E-state index in [1.807, 2.05) is 12.1 Å². The highest BCUT2D eigenvalue weighted by Gasteiger charge is 2.17. The largest absolute Gasteiger partial charge is 0.481 e. The summed E-state index contributed by atoms with van der Waals surface area (Å²) >= 11 is 11.9. The number of nitrogens with zero attached hydrogens (tertiary/aromatic N) is 1. The molecule has 0 unspecified atom stereocenters. The fourth-order valence-corrected chi connectivity index (χ4v) is 3.05. The van der Waals surface area contributed by atoms with Crippen LogP contribution in [0.5, 0.6) is 0 Å². The van der Waals surface area contributed by atoms with Gasteiger partial charge in [-0.05, 0) is 61.4 Å². The van der Waals surface area contributed by atoms with E-state index in [1.54, 1.807) is 41.3 Å². The molecule has 2 aromatic rings. The van der Waals surface area contributed by atoms with Crippen molar-refractivity contribution in [2.45, 2.75) is 38.5 Å². The minimum atomic E-state index is -0.752. The van der Waals surface area contributed by atoms with Crippen molar-refractivity contribution in [1.29, 1.82) is 0 Å². The SMILES string of the molecule is O=C(O)CCCCCCCN(C(=O)c1ccc(Cl)cc1)c1ccc(Cl)cc1. The third-order valence-electron chi connectivity index (χ3n) is 4.25. The standard InChI is InChI=1S/C21H23Cl2NO3/c22-17-9-7-16(8-10-17)21(27)24(19-13-11-18(23)12-14-19)15-5-3-1-2-4-6-20(25)26/h7-14H,1-6,15H2,(H,25,26). The highest BCUT2D eigenvalue weighted by atomic mass is 35.5. The average molecular weight is 408 g/mol. The van der Waals surface area contributed by atoms with Crippen molar-refractivity contribution >= 4 is 40.8 Å². The van der Waals surface area contributed by atoms with Crippen molar-refractivity contribution < 1.29 is 14.7 Å². The third-order valence-corrected chi connectivity index (χ3v) is 4.75. The Morgan fingerprint density at radius 3 is 1.89 bits per heavy atom. The van der Waals surface area contributed by atoms with Crippen LogP contribution in [0.3, 0.4) is 0 Å². The zero-order chi connectivity index (χ0) is 19.6. The van der Waals surface area contributed by atoms with Gasteiger partial charge >= 0.3 is 5.97 Å². The van der Waals surface area contributed by atoms with Crippen LogP contribution >= 0.6 is 23.2 Å². The molecule has 6 heteroatoms. The Morgan fingerprint density at radius 2 is 1.30 bits per heavy atom. The average Bonchev–Trinajstić information content (AvgIpc) is 2.65. The van der Waals surface area contributed by atoms with Crippen molar-refractivity contribution in [2.75, 3.05) is 11.4 Å². The first-order valence-corrected chi connectivity index (χ1v) is 9.78. The van der Waals surface area contributed by atoms with E-state index < -0.39 is 5.97 Å². The van der Waals surface area contributed by atoms with Crippen LogP contribution in [-0.2, 0) is 4.79 Å². The minimum absolute atomic E-state index is 0.0835. The molecular weight excluding hydrogens is 385 g/mol. The number of rotatable bonds is 10. The summed E-state index contributed by atoms with van der Waals surface area (Å²) in [4.78, 5) is 25.2. The number of carbonyl (C=O) groups excluding carboxylic acids is 1. The summed E-state index contributed by atoms with van der Waals surface area (Å²) in [5.41, 5.74) is 1.38. The van der Waals surface area contributed by atoms with Crippen LogP contribution in [0.15, 0.2) is 48.5 Å². The molecule has 0 aromatic heterocycles. The number of hydrogen-bond acceptors (Lipinski definition) is 2. The maximum Gasteiger partial charge on any atom is 0.303 e. The van der Waals surface area contributed by atoms with Gasteiger partial charge in [-0.15, -0.1) is 0 Å². The first-order chi connectivity index (χ1) is 13.0. The van der Waals surface area contributed by atoms with Crippen LogP contribution in [0.2, 0.25) is 10.0 Å². The summed E-state index contributed by atoms with van der Waals surface area (Å²) in [5, 5.41) is 9.87. The van der Waals surface area contributed by atoms with Crippen molar-refractivity contribution in [3.05, 3.63) is 64.1 Å². The molecule has 0 aliphatic heterocycles. The number of aliphatic carboxylic acids is 1. The zero-order valence-electron chi connectivity index (χ0n) is 15.0. The van der Waals surface area contributed by atoms with E-state index in [0.29, 0.717) is 28.6 Å². The lowest BCUT2D eigenvalue weighted by atomic mass is 10.1. The first kappa shape index (κ1) is 21.3. The second-order valence-electron chi connectivity index (χ2n) is 6.35. The van der Waals surface area contributed by atoms with Gasteiger partial charge in [0.05, 0.1) is 0 Å². The van der Waals surface area contributed by atoms with Gasteiger partial charge in [-0.3, -0.25) is 9.59 Å². The predicted octanol–water partition coefficient (Wildman–Crippen LogP) is 6.07. The molecule has 0 aliphatic rings. The van der Waals surface area contributed by atoms with E-state index in [2.05, 4.69) is 0 Å². The number of anilines is 1. The molecule has 0 fully saturated rings. The van der Waals surface area contributed by atoms with Crippen LogP contribution in [0.1, 0.15) is 48.9 Å². The molecule has 0 saturated heterocycles. The van der Waals surface area contributed by atoms with Gasteiger partial charge in [0.2, 0.25) is 0 Å². The highest BCUT2D eigenvalue weighted by molar-refractivity contribution is 6.31. The van der Waals surface area contributed by atoms with E-state index in [9.17, 15) is 9.59 Å². The second-order valence-corrected chi connectivity index (χ2v) is 7.22. The molecule has 1 N–H and O–H groups in total. The fraction of sp³-hybridized carbons (Fsp3) is 0.333. The topological polar surface area (TPSA) is 57.6 Å². The van der Waals surface area contributed by atoms with E-state index in [4.69, 9.17) is 28.3 Å². The third kappa shape index (κ3) is 7.24. The van der Waals surface area contributed by atoms with Crippen molar-refractivity contribution in [2.24, 2.45) is 0 Å². The highest BCUT2D eigenvalue weighted by Crippen LogP contribution is 2.22. The Hall–Kier alpha value is -2.04. The molecule has 0 bridgehead atoms. The van der Waals surface area contributed by atoms with Gasteiger partial charge in [0.1, 0.15) is 0 Å². The number of benzene rings is 2. The van der Waals surface area contributed by atoms with Gasteiger partial charge in [0, 0.05) is 34.3 Å². The van der Waals surface area contributed by atoms with Crippen LogP contribution in [-0.4, -0.2) is 23.5 Å². The van der Waals surface area contributed by atoms with Gasteiger partial charge in [-0.25, -0.2) is 0 Å². The molecule has 0 atom stereocenters.